The first-order valence-corrected chi connectivity index (χ1v) is 8.94. The largest absolute Gasteiger partial charge is 0.351 e. The fourth-order valence-electron chi connectivity index (χ4n) is 2.51. The summed E-state index contributed by atoms with van der Waals surface area (Å²) in [7, 11) is -2.30. The lowest BCUT2D eigenvalue weighted by atomic mass is 10.3. The van der Waals surface area contributed by atoms with Crippen molar-refractivity contribution in [2.75, 3.05) is 17.9 Å². The Labute approximate surface area is 139 Å². The summed E-state index contributed by atoms with van der Waals surface area (Å²) in [6, 6.07) is 8.02. The highest BCUT2D eigenvalue weighted by Gasteiger charge is 2.26. The molecule has 23 heavy (non-hydrogen) atoms. The molecule has 3 rings (SSSR count). The Morgan fingerprint density at radius 2 is 2.09 bits per heavy atom. The average molecular weight is 354 g/mol. The molecule has 1 aromatic heterocycles. The number of sulfonamides is 1. The average Bonchev–Trinajstić information content (AvgIpc) is 2.88. The number of nitrogens with zero attached hydrogens (tertiary/aromatic N) is 2. The highest BCUT2D eigenvalue weighted by atomic mass is 35.5. The standard InChI is InChI=1S/C15H16ClN3O3S/c1-18(12-5-2-4-11(16)8-12)23(21,22)13-9-14-15(20)17-6-3-7-19(14)10-13/h2,4-5,8-10H,3,6-7H2,1H3,(H,17,20). The third-order valence-corrected chi connectivity index (χ3v) is 5.78. The fraction of sp³-hybridized carbons (Fsp3) is 0.267. The van der Waals surface area contributed by atoms with Crippen LogP contribution in [0.3, 0.4) is 0 Å². The molecule has 0 atom stereocenters. The highest BCUT2D eigenvalue weighted by molar-refractivity contribution is 7.92. The number of carbonyl (C=O) groups is 1. The Hall–Kier alpha value is -1.99. The topological polar surface area (TPSA) is 71.4 Å². The monoisotopic (exact) mass is 353 g/mol. The second-order valence-corrected chi connectivity index (χ2v) is 7.72. The van der Waals surface area contributed by atoms with Crippen LogP contribution in [0, 0.1) is 0 Å². The maximum Gasteiger partial charge on any atom is 0.267 e. The van der Waals surface area contributed by atoms with Crippen LogP contribution in [0.5, 0.6) is 0 Å². The molecule has 0 unspecified atom stereocenters. The van der Waals surface area contributed by atoms with Crippen molar-refractivity contribution in [3.8, 4) is 0 Å². The van der Waals surface area contributed by atoms with E-state index in [9.17, 15) is 13.2 Å². The van der Waals surface area contributed by atoms with Gasteiger partial charge in [-0.25, -0.2) is 8.42 Å². The van der Waals surface area contributed by atoms with E-state index in [2.05, 4.69) is 5.32 Å². The van der Waals surface area contributed by atoms with Gasteiger partial charge in [-0.15, -0.1) is 0 Å². The van der Waals surface area contributed by atoms with Crippen LogP contribution >= 0.6 is 11.6 Å². The SMILES string of the molecule is CN(c1cccc(Cl)c1)S(=O)(=O)c1cc2n(c1)CCCNC2=O. The zero-order valence-electron chi connectivity index (χ0n) is 12.5. The zero-order chi connectivity index (χ0) is 16.6. The van der Waals surface area contributed by atoms with E-state index in [-0.39, 0.29) is 10.8 Å². The second kappa shape index (κ2) is 5.90. The van der Waals surface area contributed by atoms with Gasteiger partial charge < -0.3 is 9.88 Å². The molecule has 1 aromatic carbocycles. The number of benzene rings is 1. The van der Waals surface area contributed by atoms with Gasteiger partial charge in [0.1, 0.15) is 10.6 Å². The molecule has 0 bridgehead atoms. The minimum atomic E-state index is -3.76. The van der Waals surface area contributed by atoms with E-state index in [0.717, 1.165) is 10.7 Å². The van der Waals surface area contributed by atoms with Crippen molar-refractivity contribution >= 4 is 33.2 Å². The molecule has 0 saturated carbocycles. The van der Waals surface area contributed by atoms with Gasteiger partial charge in [-0.3, -0.25) is 9.10 Å². The van der Waals surface area contributed by atoms with Crippen molar-refractivity contribution < 1.29 is 13.2 Å². The Bertz CT molecular complexity index is 861. The summed E-state index contributed by atoms with van der Waals surface area (Å²) in [6.07, 6.45) is 2.27. The smallest absolute Gasteiger partial charge is 0.267 e. The number of aryl methyl sites for hydroxylation is 1. The van der Waals surface area contributed by atoms with Crippen LogP contribution in [0.4, 0.5) is 5.69 Å². The number of hydrogen-bond acceptors (Lipinski definition) is 3. The van der Waals surface area contributed by atoms with Crippen LogP contribution in [-0.2, 0) is 16.6 Å². The third-order valence-electron chi connectivity index (χ3n) is 3.80. The summed E-state index contributed by atoms with van der Waals surface area (Å²) in [6.45, 7) is 1.19. The lowest BCUT2D eigenvalue weighted by Crippen LogP contribution is -2.26. The first kappa shape index (κ1) is 15.9. The van der Waals surface area contributed by atoms with Gasteiger partial charge in [-0.05, 0) is 30.7 Å². The van der Waals surface area contributed by atoms with Crippen LogP contribution in [0.1, 0.15) is 16.9 Å². The van der Waals surface area contributed by atoms with Gasteiger partial charge >= 0.3 is 0 Å². The third kappa shape index (κ3) is 2.94. The molecule has 0 fully saturated rings. The molecule has 1 aliphatic heterocycles. The van der Waals surface area contributed by atoms with E-state index in [1.165, 1.54) is 19.3 Å². The quantitative estimate of drug-likeness (QED) is 0.918. The summed E-state index contributed by atoms with van der Waals surface area (Å²) in [5, 5.41) is 3.20. The Balaban J connectivity index is 2.00. The molecule has 1 aliphatic rings. The van der Waals surface area contributed by atoms with Gasteiger partial charge in [-0.1, -0.05) is 17.7 Å². The first-order chi connectivity index (χ1) is 10.9. The van der Waals surface area contributed by atoms with E-state index in [1.807, 2.05) is 0 Å². The van der Waals surface area contributed by atoms with Crippen molar-refractivity contribution in [3.63, 3.8) is 0 Å². The Kier molecular flexibility index (Phi) is 4.08. The number of anilines is 1. The van der Waals surface area contributed by atoms with E-state index in [4.69, 9.17) is 11.6 Å². The van der Waals surface area contributed by atoms with Gasteiger partial charge in [0, 0.05) is 31.4 Å². The lowest BCUT2D eigenvalue weighted by Gasteiger charge is -2.18. The number of hydrogen-bond donors (Lipinski definition) is 1. The van der Waals surface area contributed by atoms with Crippen molar-refractivity contribution in [2.45, 2.75) is 17.9 Å². The van der Waals surface area contributed by atoms with E-state index >= 15 is 0 Å². The Morgan fingerprint density at radius 3 is 2.83 bits per heavy atom. The van der Waals surface area contributed by atoms with Crippen molar-refractivity contribution in [1.82, 2.24) is 9.88 Å². The molecule has 122 valence electrons. The minimum Gasteiger partial charge on any atom is -0.351 e. The summed E-state index contributed by atoms with van der Waals surface area (Å²) in [5.74, 6) is -0.255. The summed E-state index contributed by atoms with van der Waals surface area (Å²) in [4.78, 5) is 12.1. The molecule has 0 spiro atoms. The maximum absolute atomic E-state index is 12.8. The Morgan fingerprint density at radius 1 is 1.30 bits per heavy atom. The van der Waals surface area contributed by atoms with Crippen LogP contribution < -0.4 is 9.62 Å². The number of aromatic nitrogens is 1. The number of carbonyl (C=O) groups excluding carboxylic acids is 1. The molecule has 0 saturated heterocycles. The summed E-state index contributed by atoms with van der Waals surface area (Å²) in [5.41, 5.74) is 0.823. The molecule has 0 aliphatic carbocycles. The van der Waals surface area contributed by atoms with Gasteiger partial charge in [0.05, 0.1) is 5.69 Å². The minimum absolute atomic E-state index is 0.0898. The van der Waals surface area contributed by atoms with Gasteiger partial charge in [-0.2, -0.15) is 0 Å². The molecular weight excluding hydrogens is 338 g/mol. The molecule has 6 nitrogen and oxygen atoms in total. The van der Waals surface area contributed by atoms with Gasteiger partial charge in [0.2, 0.25) is 0 Å². The van der Waals surface area contributed by atoms with Gasteiger partial charge in [0.25, 0.3) is 15.9 Å². The molecule has 1 amide bonds. The van der Waals surface area contributed by atoms with Crippen LogP contribution in [-0.4, -0.2) is 32.5 Å². The molecular formula is C15H16ClN3O3S. The van der Waals surface area contributed by atoms with Crippen LogP contribution in [0.15, 0.2) is 41.4 Å². The van der Waals surface area contributed by atoms with E-state index < -0.39 is 10.0 Å². The molecule has 2 aromatic rings. The summed E-state index contributed by atoms with van der Waals surface area (Å²) < 4.78 is 28.4. The number of halogens is 1. The molecule has 0 radical (unpaired) electrons. The zero-order valence-corrected chi connectivity index (χ0v) is 14.1. The van der Waals surface area contributed by atoms with Crippen molar-refractivity contribution in [1.29, 1.82) is 0 Å². The predicted molar refractivity (Wildman–Crippen MR) is 88.4 cm³/mol. The number of nitrogens with one attached hydrogen (secondary N) is 1. The number of amides is 1. The maximum atomic E-state index is 12.8. The number of rotatable bonds is 3. The highest BCUT2D eigenvalue weighted by Crippen LogP contribution is 2.26. The van der Waals surface area contributed by atoms with E-state index in [0.29, 0.717) is 29.5 Å². The first-order valence-electron chi connectivity index (χ1n) is 7.12. The second-order valence-electron chi connectivity index (χ2n) is 5.32. The van der Waals surface area contributed by atoms with Gasteiger partial charge in [0.15, 0.2) is 0 Å². The summed E-state index contributed by atoms with van der Waals surface area (Å²) >= 11 is 5.93. The molecule has 2 heterocycles. The number of fused-ring (bicyclic) bond motifs is 1. The van der Waals surface area contributed by atoms with Crippen molar-refractivity contribution in [3.05, 3.63) is 47.2 Å². The van der Waals surface area contributed by atoms with Crippen LogP contribution in [0.2, 0.25) is 5.02 Å². The fourth-order valence-corrected chi connectivity index (χ4v) is 3.92. The molecule has 1 N–H and O–H groups in total. The van der Waals surface area contributed by atoms with Crippen molar-refractivity contribution in [2.24, 2.45) is 0 Å². The predicted octanol–water partition coefficient (Wildman–Crippen LogP) is 2.10. The lowest BCUT2D eigenvalue weighted by molar-refractivity contribution is 0.0951. The van der Waals surface area contributed by atoms with E-state index in [1.54, 1.807) is 28.8 Å². The normalized spacial score (nSPS) is 14.8. The van der Waals surface area contributed by atoms with Crippen LogP contribution in [0.25, 0.3) is 0 Å². The molecule has 8 heteroatoms.